The van der Waals surface area contributed by atoms with Gasteiger partial charge in [-0.15, -0.1) is 0 Å². The maximum Gasteiger partial charge on any atom is 0.314 e. The summed E-state index contributed by atoms with van der Waals surface area (Å²) in [7, 11) is 0. The van der Waals surface area contributed by atoms with E-state index in [1.807, 2.05) is 6.92 Å². The number of carbonyl (C=O) groups is 3. The molecule has 1 fully saturated rings. The smallest absolute Gasteiger partial charge is 0.314 e. The van der Waals surface area contributed by atoms with Crippen LogP contribution in [0.2, 0.25) is 0 Å². The van der Waals surface area contributed by atoms with Gasteiger partial charge in [0.15, 0.2) is 0 Å². The van der Waals surface area contributed by atoms with E-state index in [-0.39, 0.29) is 17.3 Å². The molecule has 0 unspecified atom stereocenters. The fourth-order valence-corrected chi connectivity index (χ4v) is 2.92. The van der Waals surface area contributed by atoms with E-state index in [1.54, 1.807) is 23.1 Å². The van der Waals surface area contributed by atoms with E-state index in [4.69, 9.17) is 0 Å². The number of non-ortho nitro benzene ring substituents is 1. The number of hydrogen-bond acceptors (Lipinski definition) is 5. The van der Waals surface area contributed by atoms with Crippen LogP contribution in [0, 0.1) is 17.0 Å². The van der Waals surface area contributed by atoms with Crippen LogP contribution in [0.1, 0.15) is 18.4 Å². The van der Waals surface area contributed by atoms with E-state index < -0.39 is 16.7 Å². The Balaban J connectivity index is 1.67. The predicted octanol–water partition coefficient (Wildman–Crippen LogP) is 2.61. The van der Waals surface area contributed by atoms with Crippen molar-refractivity contribution >= 4 is 40.5 Å². The van der Waals surface area contributed by atoms with Gasteiger partial charge in [0.1, 0.15) is 0 Å². The van der Waals surface area contributed by atoms with Crippen molar-refractivity contribution in [3.63, 3.8) is 0 Å². The maximum atomic E-state index is 12.2. The van der Waals surface area contributed by atoms with Gasteiger partial charge in [0.25, 0.3) is 5.69 Å². The number of carbonyl (C=O) groups excluding carboxylic acids is 3. The Bertz CT molecular complexity index is 955. The number of anilines is 3. The number of benzene rings is 2. The molecule has 9 nitrogen and oxygen atoms in total. The summed E-state index contributed by atoms with van der Waals surface area (Å²) in [5.74, 6) is -1.77. The molecule has 0 aliphatic carbocycles. The minimum Gasteiger partial charge on any atom is -0.318 e. The van der Waals surface area contributed by atoms with E-state index in [0.717, 1.165) is 12.0 Å². The summed E-state index contributed by atoms with van der Waals surface area (Å²) in [6.07, 6.45) is 1.28. The van der Waals surface area contributed by atoms with Crippen LogP contribution < -0.4 is 15.5 Å². The van der Waals surface area contributed by atoms with Crippen molar-refractivity contribution in [1.29, 1.82) is 0 Å². The van der Waals surface area contributed by atoms with Crippen LogP contribution in [0.15, 0.2) is 42.5 Å². The zero-order chi connectivity index (χ0) is 20.3. The van der Waals surface area contributed by atoms with Gasteiger partial charge >= 0.3 is 11.8 Å². The zero-order valence-corrected chi connectivity index (χ0v) is 15.1. The largest absolute Gasteiger partial charge is 0.318 e. The maximum absolute atomic E-state index is 12.2. The Morgan fingerprint density at radius 3 is 2.21 bits per heavy atom. The first-order valence-electron chi connectivity index (χ1n) is 8.63. The lowest BCUT2D eigenvalue weighted by atomic mass is 10.1. The van der Waals surface area contributed by atoms with Gasteiger partial charge in [-0.25, -0.2) is 0 Å². The standard InChI is InChI=1S/C19H18N4O5/c1-12-4-5-14(11-16(12)22-10-2-3-17(22)24)21-19(26)18(25)20-13-6-8-15(9-7-13)23(27)28/h4-9,11H,2-3,10H2,1H3,(H,20,25)(H,21,26). The van der Waals surface area contributed by atoms with E-state index in [9.17, 15) is 24.5 Å². The third-order valence-corrected chi connectivity index (χ3v) is 4.37. The van der Waals surface area contributed by atoms with Crippen molar-refractivity contribution in [2.24, 2.45) is 0 Å². The van der Waals surface area contributed by atoms with Crippen LogP contribution in [-0.2, 0) is 14.4 Å². The molecule has 2 aromatic rings. The summed E-state index contributed by atoms with van der Waals surface area (Å²) < 4.78 is 0. The third-order valence-electron chi connectivity index (χ3n) is 4.37. The molecular weight excluding hydrogens is 364 g/mol. The van der Waals surface area contributed by atoms with Gasteiger partial charge in [-0.2, -0.15) is 0 Å². The quantitative estimate of drug-likeness (QED) is 0.478. The van der Waals surface area contributed by atoms with E-state index in [2.05, 4.69) is 10.6 Å². The van der Waals surface area contributed by atoms with E-state index in [0.29, 0.717) is 24.3 Å². The lowest BCUT2D eigenvalue weighted by Gasteiger charge is -2.19. The molecule has 144 valence electrons. The van der Waals surface area contributed by atoms with Crippen molar-refractivity contribution in [2.45, 2.75) is 19.8 Å². The number of aryl methyl sites for hydroxylation is 1. The average molecular weight is 382 g/mol. The summed E-state index contributed by atoms with van der Waals surface area (Å²) in [4.78, 5) is 48.0. The molecule has 0 aromatic heterocycles. The van der Waals surface area contributed by atoms with Gasteiger partial charge in [-0.05, 0) is 43.2 Å². The number of rotatable bonds is 4. The fraction of sp³-hybridized carbons (Fsp3) is 0.211. The Morgan fingerprint density at radius 2 is 1.64 bits per heavy atom. The highest BCUT2D eigenvalue weighted by atomic mass is 16.6. The van der Waals surface area contributed by atoms with Crippen molar-refractivity contribution in [3.8, 4) is 0 Å². The van der Waals surface area contributed by atoms with Gasteiger partial charge in [0, 0.05) is 42.2 Å². The predicted molar refractivity (Wildman–Crippen MR) is 103 cm³/mol. The molecular formula is C19H18N4O5. The molecule has 1 saturated heterocycles. The lowest BCUT2D eigenvalue weighted by molar-refractivity contribution is -0.384. The van der Waals surface area contributed by atoms with Crippen LogP contribution >= 0.6 is 0 Å². The minimum absolute atomic E-state index is 0.0301. The van der Waals surface area contributed by atoms with Crippen molar-refractivity contribution in [3.05, 3.63) is 58.1 Å². The monoisotopic (exact) mass is 382 g/mol. The first-order valence-corrected chi connectivity index (χ1v) is 8.63. The van der Waals surface area contributed by atoms with Gasteiger partial charge < -0.3 is 15.5 Å². The van der Waals surface area contributed by atoms with Gasteiger partial charge in [0.05, 0.1) is 4.92 Å². The lowest BCUT2D eigenvalue weighted by Crippen LogP contribution is -2.29. The molecule has 1 aliphatic heterocycles. The molecule has 0 radical (unpaired) electrons. The molecule has 0 saturated carbocycles. The third kappa shape index (κ3) is 4.14. The Kier molecular flexibility index (Phi) is 5.35. The zero-order valence-electron chi connectivity index (χ0n) is 15.1. The number of hydrogen-bond donors (Lipinski definition) is 2. The van der Waals surface area contributed by atoms with Crippen LogP contribution in [0.3, 0.4) is 0 Å². The molecule has 0 spiro atoms. The molecule has 1 heterocycles. The highest BCUT2D eigenvalue weighted by Gasteiger charge is 2.23. The Labute approximate surface area is 160 Å². The van der Waals surface area contributed by atoms with Crippen molar-refractivity contribution in [1.82, 2.24) is 0 Å². The highest BCUT2D eigenvalue weighted by molar-refractivity contribution is 6.43. The molecule has 2 aromatic carbocycles. The molecule has 1 aliphatic rings. The first kappa shape index (κ1) is 19.0. The molecule has 2 N–H and O–H groups in total. The summed E-state index contributed by atoms with van der Waals surface area (Å²) in [6.45, 7) is 2.49. The second-order valence-corrected chi connectivity index (χ2v) is 6.36. The van der Waals surface area contributed by atoms with Crippen LogP contribution in [0.25, 0.3) is 0 Å². The number of nitrogens with zero attached hydrogens (tertiary/aromatic N) is 2. The molecule has 0 atom stereocenters. The summed E-state index contributed by atoms with van der Waals surface area (Å²) >= 11 is 0. The van der Waals surface area contributed by atoms with Crippen LogP contribution in [-0.4, -0.2) is 29.2 Å². The average Bonchev–Trinajstić information content (AvgIpc) is 3.09. The summed E-state index contributed by atoms with van der Waals surface area (Å²) in [5, 5.41) is 15.5. The Morgan fingerprint density at radius 1 is 1.04 bits per heavy atom. The molecule has 0 bridgehead atoms. The van der Waals surface area contributed by atoms with Gasteiger partial charge in [-0.3, -0.25) is 24.5 Å². The molecule has 3 amide bonds. The SMILES string of the molecule is Cc1ccc(NC(=O)C(=O)Nc2ccc([N+](=O)[O-])cc2)cc1N1CCCC1=O. The van der Waals surface area contributed by atoms with E-state index in [1.165, 1.54) is 24.3 Å². The van der Waals surface area contributed by atoms with Crippen molar-refractivity contribution in [2.75, 3.05) is 22.1 Å². The number of nitro benzene ring substituents is 1. The summed E-state index contributed by atoms with van der Waals surface area (Å²) in [5.41, 5.74) is 2.13. The molecule has 28 heavy (non-hydrogen) atoms. The topological polar surface area (TPSA) is 122 Å². The van der Waals surface area contributed by atoms with Crippen LogP contribution in [0.4, 0.5) is 22.7 Å². The molecule has 9 heteroatoms. The summed E-state index contributed by atoms with van der Waals surface area (Å²) in [6, 6.07) is 10.2. The number of amides is 3. The first-order chi connectivity index (χ1) is 13.3. The van der Waals surface area contributed by atoms with Gasteiger partial charge in [0.2, 0.25) is 5.91 Å². The second kappa shape index (κ2) is 7.87. The normalized spacial score (nSPS) is 13.3. The second-order valence-electron chi connectivity index (χ2n) is 6.36. The van der Waals surface area contributed by atoms with Gasteiger partial charge in [-0.1, -0.05) is 6.07 Å². The number of nitro groups is 1. The highest BCUT2D eigenvalue weighted by Crippen LogP contribution is 2.28. The Hall–Kier alpha value is -3.75. The van der Waals surface area contributed by atoms with E-state index >= 15 is 0 Å². The minimum atomic E-state index is -0.909. The fourth-order valence-electron chi connectivity index (χ4n) is 2.92. The van der Waals surface area contributed by atoms with Crippen LogP contribution in [0.5, 0.6) is 0 Å². The molecule has 3 rings (SSSR count). The number of nitrogens with one attached hydrogen (secondary N) is 2. The van der Waals surface area contributed by atoms with Crippen molar-refractivity contribution < 1.29 is 19.3 Å².